The summed E-state index contributed by atoms with van der Waals surface area (Å²) in [5.74, 6) is 1.58. The van der Waals surface area contributed by atoms with E-state index in [0.717, 1.165) is 22.6 Å². The molecule has 0 bridgehead atoms. The van der Waals surface area contributed by atoms with Gasteiger partial charge in [0.2, 0.25) is 5.91 Å². The normalized spacial score (nSPS) is 10.7. The first-order valence-corrected chi connectivity index (χ1v) is 10.1. The predicted octanol–water partition coefficient (Wildman–Crippen LogP) is 4.40. The minimum atomic E-state index is -0.0896. The van der Waals surface area contributed by atoms with E-state index in [9.17, 15) is 4.79 Å². The van der Waals surface area contributed by atoms with E-state index in [2.05, 4.69) is 15.5 Å². The first-order chi connectivity index (χ1) is 13.4. The summed E-state index contributed by atoms with van der Waals surface area (Å²) in [6, 6.07) is 13.2. The molecule has 0 atom stereocenters. The third kappa shape index (κ3) is 5.27. The van der Waals surface area contributed by atoms with Gasteiger partial charge in [0.15, 0.2) is 11.0 Å². The molecule has 2 aromatic carbocycles. The van der Waals surface area contributed by atoms with E-state index in [4.69, 9.17) is 16.3 Å². The average molecular weight is 417 g/mol. The molecule has 0 saturated heterocycles. The first kappa shape index (κ1) is 20.2. The van der Waals surface area contributed by atoms with Gasteiger partial charge in [-0.1, -0.05) is 35.5 Å². The Bertz CT molecular complexity index is 990. The SMILES string of the molecule is Cc1cccc(NC(=O)CSc2nnc(COc3ccc(Cl)cc3C)n2C)c1. The summed E-state index contributed by atoms with van der Waals surface area (Å²) in [6.45, 7) is 4.20. The van der Waals surface area contributed by atoms with Crippen molar-refractivity contribution in [2.24, 2.45) is 7.05 Å². The minimum Gasteiger partial charge on any atom is -0.485 e. The maximum absolute atomic E-state index is 12.2. The van der Waals surface area contributed by atoms with Crippen molar-refractivity contribution < 1.29 is 9.53 Å². The number of ether oxygens (including phenoxy) is 1. The summed E-state index contributed by atoms with van der Waals surface area (Å²) in [5, 5.41) is 12.5. The van der Waals surface area contributed by atoms with Crippen LogP contribution in [0.3, 0.4) is 0 Å². The van der Waals surface area contributed by atoms with E-state index in [1.807, 2.05) is 61.9 Å². The number of hydrogen-bond donors (Lipinski definition) is 1. The molecule has 3 rings (SSSR count). The molecule has 8 heteroatoms. The number of carbonyl (C=O) groups excluding carboxylic acids is 1. The van der Waals surface area contributed by atoms with Crippen molar-refractivity contribution in [1.29, 1.82) is 0 Å². The number of aromatic nitrogens is 3. The summed E-state index contributed by atoms with van der Waals surface area (Å²) >= 11 is 7.29. The van der Waals surface area contributed by atoms with E-state index in [1.165, 1.54) is 11.8 Å². The lowest BCUT2D eigenvalue weighted by molar-refractivity contribution is -0.113. The molecule has 0 fully saturated rings. The molecule has 1 aromatic heterocycles. The van der Waals surface area contributed by atoms with Gasteiger partial charge in [0.25, 0.3) is 0 Å². The fourth-order valence-electron chi connectivity index (χ4n) is 2.56. The second-order valence-corrected chi connectivity index (χ2v) is 7.74. The highest BCUT2D eigenvalue weighted by Crippen LogP contribution is 2.23. The number of nitrogens with one attached hydrogen (secondary N) is 1. The molecule has 146 valence electrons. The number of rotatable bonds is 7. The highest BCUT2D eigenvalue weighted by molar-refractivity contribution is 7.99. The van der Waals surface area contributed by atoms with Gasteiger partial charge in [0, 0.05) is 17.8 Å². The zero-order chi connectivity index (χ0) is 20.1. The van der Waals surface area contributed by atoms with Crippen molar-refractivity contribution in [2.75, 3.05) is 11.1 Å². The van der Waals surface area contributed by atoms with Crippen LogP contribution in [-0.4, -0.2) is 26.4 Å². The number of aryl methyl sites for hydroxylation is 2. The topological polar surface area (TPSA) is 69.0 Å². The lowest BCUT2D eigenvalue weighted by atomic mass is 10.2. The number of amides is 1. The monoisotopic (exact) mass is 416 g/mol. The molecular weight excluding hydrogens is 396 g/mol. The Balaban J connectivity index is 1.54. The third-order valence-electron chi connectivity index (χ3n) is 4.05. The molecule has 6 nitrogen and oxygen atoms in total. The van der Waals surface area contributed by atoms with Crippen LogP contribution in [0.2, 0.25) is 5.02 Å². The van der Waals surface area contributed by atoms with Crippen LogP contribution in [0.25, 0.3) is 0 Å². The maximum Gasteiger partial charge on any atom is 0.234 e. The molecule has 0 radical (unpaired) electrons. The standard InChI is InChI=1S/C20H21ClN4O2S/c1-13-5-4-6-16(9-13)22-19(26)12-28-20-24-23-18(25(20)3)11-27-17-8-7-15(21)10-14(17)2/h4-10H,11-12H2,1-3H3,(H,22,26). The summed E-state index contributed by atoms with van der Waals surface area (Å²) in [7, 11) is 1.86. The third-order valence-corrected chi connectivity index (χ3v) is 5.31. The van der Waals surface area contributed by atoms with E-state index >= 15 is 0 Å². The Labute approximate surface area is 173 Å². The van der Waals surface area contributed by atoms with Gasteiger partial charge in [-0.3, -0.25) is 4.79 Å². The van der Waals surface area contributed by atoms with Gasteiger partial charge in [-0.2, -0.15) is 0 Å². The van der Waals surface area contributed by atoms with Crippen LogP contribution >= 0.6 is 23.4 Å². The molecule has 0 unspecified atom stereocenters. The molecule has 0 aliphatic heterocycles. The summed E-state index contributed by atoms with van der Waals surface area (Å²) in [5.41, 5.74) is 2.84. The number of thioether (sulfide) groups is 1. The molecule has 1 heterocycles. The molecular formula is C20H21ClN4O2S. The van der Waals surface area contributed by atoms with Crippen LogP contribution in [0, 0.1) is 13.8 Å². The van der Waals surface area contributed by atoms with Gasteiger partial charge in [0.05, 0.1) is 5.75 Å². The van der Waals surface area contributed by atoms with Crippen LogP contribution in [0.1, 0.15) is 17.0 Å². The Hall–Kier alpha value is -2.51. The highest BCUT2D eigenvalue weighted by Gasteiger charge is 2.13. The number of benzene rings is 2. The fraction of sp³-hybridized carbons (Fsp3) is 0.250. The van der Waals surface area contributed by atoms with E-state index in [0.29, 0.717) is 16.0 Å². The van der Waals surface area contributed by atoms with Crippen LogP contribution < -0.4 is 10.1 Å². The maximum atomic E-state index is 12.2. The number of halogens is 1. The molecule has 0 aliphatic carbocycles. The van der Waals surface area contributed by atoms with Crippen molar-refractivity contribution in [3.05, 3.63) is 64.4 Å². The zero-order valence-corrected chi connectivity index (χ0v) is 17.5. The molecule has 3 aromatic rings. The van der Waals surface area contributed by atoms with Crippen molar-refractivity contribution in [1.82, 2.24) is 14.8 Å². The summed E-state index contributed by atoms with van der Waals surface area (Å²) < 4.78 is 7.65. The van der Waals surface area contributed by atoms with Crippen molar-refractivity contribution in [3.8, 4) is 5.75 Å². The van der Waals surface area contributed by atoms with Gasteiger partial charge in [-0.25, -0.2) is 0 Å². The fourth-order valence-corrected chi connectivity index (χ4v) is 3.52. The zero-order valence-electron chi connectivity index (χ0n) is 15.9. The number of carbonyl (C=O) groups is 1. The Morgan fingerprint density at radius 2 is 2.04 bits per heavy atom. The number of nitrogens with zero attached hydrogens (tertiary/aromatic N) is 3. The molecule has 1 amide bonds. The molecule has 0 aliphatic rings. The van der Waals surface area contributed by atoms with Gasteiger partial charge in [0.1, 0.15) is 12.4 Å². The van der Waals surface area contributed by atoms with Gasteiger partial charge >= 0.3 is 0 Å². The quantitative estimate of drug-likeness (QED) is 0.578. The van der Waals surface area contributed by atoms with Gasteiger partial charge in [-0.15, -0.1) is 10.2 Å². The van der Waals surface area contributed by atoms with Crippen LogP contribution in [0.5, 0.6) is 5.75 Å². The Kier molecular flexibility index (Phi) is 6.59. The van der Waals surface area contributed by atoms with Crippen molar-refractivity contribution >= 4 is 35.0 Å². The van der Waals surface area contributed by atoms with E-state index < -0.39 is 0 Å². The van der Waals surface area contributed by atoms with Crippen LogP contribution in [0.4, 0.5) is 5.69 Å². The molecule has 1 N–H and O–H groups in total. The van der Waals surface area contributed by atoms with E-state index in [1.54, 1.807) is 6.07 Å². The largest absolute Gasteiger partial charge is 0.485 e. The molecule has 0 saturated carbocycles. The smallest absolute Gasteiger partial charge is 0.234 e. The Morgan fingerprint density at radius 3 is 2.79 bits per heavy atom. The number of anilines is 1. The van der Waals surface area contributed by atoms with Crippen LogP contribution in [0.15, 0.2) is 47.6 Å². The lowest BCUT2D eigenvalue weighted by Crippen LogP contribution is -2.14. The summed E-state index contributed by atoms with van der Waals surface area (Å²) in [4.78, 5) is 12.2. The second kappa shape index (κ2) is 9.12. The first-order valence-electron chi connectivity index (χ1n) is 8.69. The molecule has 28 heavy (non-hydrogen) atoms. The molecule has 0 spiro atoms. The van der Waals surface area contributed by atoms with Gasteiger partial charge in [-0.05, 0) is 55.3 Å². The van der Waals surface area contributed by atoms with E-state index in [-0.39, 0.29) is 18.3 Å². The van der Waals surface area contributed by atoms with Crippen LogP contribution in [-0.2, 0) is 18.4 Å². The van der Waals surface area contributed by atoms with Crippen molar-refractivity contribution in [3.63, 3.8) is 0 Å². The predicted molar refractivity (Wildman–Crippen MR) is 112 cm³/mol. The summed E-state index contributed by atoms with van der Waals surface area (Å²) in [6.07, 6.45) is 0. The van der Waals surface area contributed by atoms with Crippen molar-refractivity contribution in [2.45, 2.75) is 25.6 Å². The number of hydrogen-bond acceptors (Lipinski definition) is 5. The van der Waals surface area contributed by atoms with Gasteiger partial charge < -0.3 is 14.6 Å². The highest BCUT2D eigenvalue weighted by atomic mass is 35.5. The second-order valence-electron chi connectivity index (χ2n) is 6.36. The lowest BCUT2D eigenvalue weighted by Gasteiger charge is -2.09. The minimum absolute atomic E-state index is 0.0896. The average Bonchev–Trinajstić information content (AvgIpc) is 2.99. The Morgan fingerprint density at radius 1 is 1.21 bits per heavy atom.